The van der Waals surface area contributed by atoms with Gasteiger partial charge in [-0.15, -0.1) is 0 Å². The SMILES string of the molecule is CCCC(C(=NC)Nc1cc(CN2CCC(c3ccccc3)(N(C)C)CC2)ccc1C=O)N1C[C@@H](C)N[C@@H](C)C1.[HH]. The minimum absolute atomic E-state index is 0. The van der Waals surface area contributed by atoms with Crippen molar-refractivity contribution in [2.45, 2.75) is 76.7 Å². The van der Waals surface area contributed by atoms with Crippen LogP contribution >= 0.6 is 0 Å². The number of hydrogen-bond donors (Lipinski definition) is 2. The average Bonchev–Trinajstić information content (AvgIpc) is 2.95. The number of piperidine rings is 1. The molecule has 2 fully saturated rings. The van der Waals surface area contributed by atoms with Crippen LogP contribution in [0.3, 0.4) is 0 Å². The molecule has 40 heavy (non-hydrogen) atoms. The largest absolute Gasteiger partial charge is 0.342 e. The predicted molar refractivity (Wildman–Crippen MR) is 170 cm³/mol. The number of piperazine rings is 1. The Bertz CT molecular complexity index is 1120. The standard InChI is InChI=1S/C33H50N6O.H2/c1-7-11-31(39-21-25(2)35-26(3)22-39)32(34-4)36-30-20-27(14-15-28(30)24-40)23-38-18-16-33(17-19-38,37(5)6)29-12-9-8-10-13-29;/h8-10,12-15,20,24-26,31,35H,7,11,16-19,21-23H2,1-6H3,(H,34,36);1H/t25-,26+,31?;. The first-order chi connectivity index (χ1) is 19.3. The Morgan fingerprint density at radius 2 is 1.82 bits per heavy atom. The molecule has 7 heteroatoms. The lowest BCUT2D eigenvalue weighted by Gasteiger charge is -2.46. The molecule has 4 rings (SSSR count). The third kappa shape index (κ3) is 7.00. The fourth-order valence-electron chi connectivity index (χ4n) is 6.81. The minimum Gasteiger partial charge on any atom is -0.342 e. The van der Waals surface area contributed by atoms with E-state index < -0.39 is 0 Å². The van der Waals surface area contributed by atoms with Gasteiger partial charge in [-0.2, -0.15) is 0 Å². The maximum Gasteiger partial charge on any atom is 0.152 e. The highest BCUT2D eigenvalue weighted by molar-refractivity contribution is 6.02. The molecule has 220 valence electrons. The quantitative estimate of drug-likeness (QED) is 0.245. The number of rotatable bonds is 10. The Hall–Kier alpha value is -2.58. The number of benzene rings is 2. The van der Waals surface area contributed by atoms with Crippen LogP contribution in [-0.2, 0) is 12.1 Å². The molecule has 1 unspecified atom stereocenters. The molecule has 2 aromatic rings. The van der Waals surface area contributed by atoms with Crippen LogP contribution in [0, 0.1) is 0 Å². The van der Waals surface area contributed by atoms with Crippen molar-refractivity contribution in [3.63, 3.8) is 0 Å². The molecule has 0 radical (unpaired) electrons. The zero-order chi connectivity index (χ0) is 28.7. The topological polar surface area (TPSA) is 63.2 Å². The maximum absolute atomic E-state index is 12.0. The Labute approximate surface area is 243 Å². The second-order valence-electron chi connectivity index (χ2n) is 12.1. The van der Waals surface area contributed by atoms with E-state index in [1.807, 2.05) is 13.1 Å². The Morgan fingerprint density at radius 1 is 1.15 bits per heavy atom. The van der Waals surface area contributed by atoms with E-state index in [-0.39, 0.29) is 13.0 Å². The molecule has 0 saturated carbocycles. The van der Waals surface area contributed by atoms with Gasteiger partial charge in [0.1, 0.15) is 5.84 Å². The lowest BCUT2D eigenvalue weighted by molar-refractivity contribution is 0.0507. The van der Waals surface area contributed by atoms with Crippen molar-refractivity contribution in [2.75, 3.05) is 52.6 Å². The summed E-state index contributed by atoms with van der Waals surface area (Å²) in [5.41, 5.74) is 4.23. The molecule has 2 aliphatic rings. The van der Waals surface area contributed by atoms with Crippen LogP contribution in [0.4, 0.5) is 5.69 Å². The van der Waals surface area contributed by atoms with E-state index >= 15 is 0 Å². The highest BCUT2D eigenvalue weighted by atomic mass is 16.1. The third-order valence-electron chi connectivity index (χ3n) is 8.91. The molecule has 0 aromatic heterocycles. The van der Waals surface area contributed by atoms with Gasteiger partial charge in [0.05, 0.1) is 11.7 Å². The number of carbonyl (C=O) groups is 1. The molecule has 2 aliphatic heterocycles. The van der Waals surface area contributed by atoms with Gasteiger partial charge in [0.25, 0.3) is 0 Å². The van der Waals surface area contributed by atoms with Gasteiger partial charge in [0, 0.05) is 64.4 Å². The van der Waals surface area contributed by atoms with Gasteiger partial charge in [-0.3, -0.25) is 24.5 Å². The van der Waals surface area contributed by atoms with Crippen LogP contribution < -0.4 is 10.6 Å². The van der Waals surface area contributed by atoms with Crippen molar-refractivity contribution in [1.82, 2.24) is 20.0 Å². The first kappa shape index (κ1) is 30.4. The fourth-order valence-corrected chi connectivity index (χ4v) is 6.81. The first-order valence-corrected chi connectivity index (χ1v) is 15.1. The van der Waals surface area contributed by atoms with Crippen molar-refractivity contribution < 1.29 is 6.22 Å². The van der Waals surface area contributed by atoms with Crippen molar-refractivity contribution in [2.24, 2.45) is 4.99 Å². The number of aldehydes is 1. The van der Waals surface area contributed by atoms with Crippen LogP contribution in [0.25, 0.3) is 0 Å². The van der Waals surface area contributed by atoms with E-state index in [0.29, 0.717) is 17.6 Å². The van der Waals surface area contributed by atoms with E-state index in [0.717, 1.165) is 76.2 Å². The number of carbonyl (C=O) groups excluding carboxylic acids is 1. The second-order valence-corrected chi connectivity index (χ2v) is 12.1. The lowest BCUT2D eigenvalue weighted by Crippen LogP contribution is -2.59. The van der Waals surface area contributed by atoms with E-state index in [1.54, 1.807) is 0 Å². The number of nitrogens with one attached hydrogen (secondary N) is 2. The summed E-state index contributed by atoms with van der Waals surface area (Å²) >= 11 is 0. The summed E-state index contributed by atoms with van der Waals surface area (Å²) in [7, 11) is 6.28. The van der Waals surface area contributed by atoms with Gasteiger partial charge in [-0.05, 0) is 70.5 Å². The first-order valence-electron chi connectivity index (χ1n) is 15.1. The van der Waals surface area contributed by atoms with E-state index in [1.165, 1.54) is 11.1 Å². The maximum atomic E-state index is 12.0. The van der Waals surface area contributed by atoms with E-state index in [9.17, 15) is 4.79 Å². The molecule has 0 spiro atoms. The van der Waals surface area contributed by atoms with Gasteiger partial charge in [0.2, 0.25) is 0 Å². The fraction of sp³-hybridized carbons (Fsp3) is 0.576. The molecule has 7 nitrogen and oxygen atoms in total. The van der Waals surface area contributed by atoms with Crippen molar-refractivity contribution in [3.05, 3.63) is 65.2 Å². The number of amidine groups is 1. The average molecular weight is 549 g/mol. The highest BCUT2D eigenvalue weighted by Crippen LogP contribution is 2.37. The number of nitrogens with zero attached hydrogens (tertiary/aromatic N) is 4. The molecule has 2 saturated heterocycles. The molecule has 0 amide bonds. The number of hydrogen-bond acceptors (Lipinski definition) is 6. The summed E-state index contributed by atoms with van der Waals surface area (Å²) in [6.07, 6.45) is 5.24. The van der Waals surface area contributed by atoms with Gasteiger partial charge >= 0.3 is 0 Å². The summed E-state index contributed by atoms with van der Waals surface area (Å²) in [6, 6.07) is 18.2. The Balaban J connectivity index is 0.00000462. The van der Waals surface area contributed by atoms with E-state index in [4.69, 9.17) is 4.99 Å². The van der Waals surface area contributed by atoms with Crippen LogP contribution in [-0.4, -0.2) is 92.3 Å². The minimum atomic E-state index is 0. The van der Waals surface area contributed by atoms with Crippen LogP contribution in [0.5, 0.6) is 0 Å². The predicted octanol–water partition coefficient (Wildman–Crippen LogP) is 5.09. The Morgan fingerprint density at radius 3 is 2.40 bits per heavy atom. The van der Waals surface area contributed by atoms with E-state index in [2.05, 4.69) is 103 Å². The summed E-state index contributed by atoms with van der Waals surface area (Å²) in [6.45, 7) is 11.6. The number of likely N-dealkylation sites (tertiary alicyclic amines) is 1. The molecule has 0 aliphatic carbocycles. The molecular weight excluding hydrogens is 496 g/mol. The van der Waals surface area contributed by atoms with Gasteiger partial charge in [-0.25, -0.2) is 0 Å². The molecule has 2 N–H and O–H groups in total. The molecule has 3 atom stereocenters. The molecular formula is C33H52N6O. The second kappa shape index (κ2) is 13.9. The summed E-state index contributed by atoms with van der Waals surface area (Å²) < 4.78 is 0. The van der Waals surface area contributed by atoms with Crippen molar-refractivity contribution >= 4 is 17.8 Å². The van der Waals surface area contributed by atoms with Crippen molar-refractivity contribution in [1.29, 1.82) is 0 Å². The normalized spacial score (nSPS) is 23.2. The molecule has 0 bridgehead atoms. The zero-order valence-corrected chi connectivity index (χ0v) is 25.5. The van der Waals surface area contributed by atoms with Gasteiger partial charge in [-0.1, -0.05) is 49.7 Å². The monoisotopic (exact) mass is 548 g/mol. The highest BCUT2D eigenvalue weighted by Gasteiger charge is 2.38. The third-order valence-corrected chi connectivity index (χ3v) is 8.91. The van der Waals surface area contributed by atoms with Crippen molar-refractivity contribution in [3.8, 4) is 0 Å². The summed E-state index contributed by atoms with van der Waals surface area (Å²) in [4.78, 5) is 24.3. The number of anilines is 1. The van der Waals surface area contributed by atoms with Gasteiger partial charge in [0.15, 0.2) is 6.29 Å². The smallest absolute Gasteiger partial charge is 0.152 e. The van der Waals surface area contributed by atoms with Crippen LogP contribution in [0.2, 0.25) is 0 Å². The Kier molecular flexibility index (Phi) is 10.5. The summed E-state index contributed by atoms with van der Waals surface area (Å²) in [5, 5.41) is 7.26. The number of aliphatic imine (C=N–C) groups is 1. The lowest BCUT2D eigenvalue weighted by atomic mass is 9.79. The van der Waals surface area contributed by atoms with Crippen LogP contribution in [0.1, 0.15) is 69.4 Å². The molecule has 2 aromatic carbocycles. The molecule has 2 heterocycles. The van der Waals surface area contributed by atoms with Crippen LogP contribution in [0.15, 0.2) is 53.5 Å². The summed E-state index contributed by atoms with van der Waals surface area (Å²) in [5.74, 6) is 0.944. The zero-order valence-electron chi connectivity index (χ0n) is 25.5. The van der Waals surface area contributed by atoms with Gasteiger partial charge < -0.3 is 10.6 Å².